The van der Waals surface area contributed by atoms with Crippen molar-refractivity contribution in [1.82, 2.24) is 0 Å². The molecular formula is C22H19ClF3N2O+. The van der Waals surface area contributed by atoms with Crippen molar-refractivity contribution in [3.63, 3.8) is 0 Å². The highest BCUT2D eigenvalue weighted by atomic mass is 35.5. The largest absolute Gasteiger partial charge is 0.416 e. The molecule has 0 saturated carbocycles. The van der Waals surface area contributed by atoms with Crippen LogP contribution in [0.5, 0.6) is 0 Å². The molecule has 0 aliphatic heterocycles. The Morgan fingerprint density at radius 3 is 2.21 bits per heavy atom. The molecule has 150 valence electrons. The molecule has 1 amide bonds. The van der Waals surface area contributed by atoms with Gasteiger partial charge in [0.15, 0.2) is 6.04 Å². The molecule has 3 nitrogen and oxygen atoms in total. The van der Waals surface area contributed by atoms with Gasteiger partial charge in [-0.05, 0) is 18.2 Å². The SMILES string of the molecule is O=C(Nc1cc(C(F)(F)F)ccc1Cl)[C@H]([NH2+]Cc1ccccc1)c1ccccc1. The van der Waals surface area contributed by atoms with Gasteiger partial charge in [-0.3, -0.25) is 4.79 Å². The average molecular weight is 420 g/mol. The van der Waals surface area contributed by atoms with Gasteiger partial charge in [0.1, 0.15) is 6.54 Å². The Hall–Kier alpha value is -2.83. The standard InChI is InChI=1S/C22H18ClF3N2O/c23-18-12-11-17(22(24,25)26)13-19(18)28-21(29)20(16-9-5-2-6-10-16)27-14-15-7-3-1-4-8-15/h1-13,20,27H,14H2,(H,28,29)/p+1/t20-/m1/s1. The minimum Gasteiger partial charge on any atom is -0.328 e. The van der Waals surface area contributed by atoms with Crippen LogP contribution in [-0.2, 0) is 17.5 Å². The lowest BCUT2D eigenvalue weighted by Gasteiger charge is -2.17. The first-order valence-corrected chi connectivity index (χ1v) is 9.32. The fourth-order valence-corrected chi connectivity index (χ4v) is 3.10. The summed E-state index contributed by atoms with van der Waals surface area (Å²) in [6.45, 7) is 0.532. The number of quaternary nitrogens is 1. The quantitative estimate of drug-likeness (QED) is 0.592. The Morgan fingerprint density at radius 1 is 0.966 bits per heavy atom. The van der Waals surface area contributed by atoms with Crippen LogP contribution in [0.25, 0.3) is 0 Å². The highest BCUT2D eigenvalue weighted by Gasteiger charge is 2.32. The van der Waals surface area contributed by atoms with E-state index >= 15 is 0 Å². The molecule has 3 rings (SSSR count). The number of halogens is 4. The molecule has 0 heterocycles. The first kappa shape index (κ1) is 20.9. The van der Waals surface area contributed by atoms with Gasteiger partial charge < -0.3 is 10.6 Å². The Labute approximate surface area is 171 Å². The van der Waals surface area contributed by atoms with Crippen LogP contribution in [0.3, 0.4) is 0 Å². The Balaban J connectivity index is 1.83. The molecule has 7 heteroatoms. The van der Waals surface area contributed by atoms with E-state index in [1.807, 2.05) is 53.8 Å². The van der Waals surface area contributed by atoms with Crippen LogP contribution in [0, 0.1) is 0 Å². The van der Waals surface area contributed by atoms with Crippen LogP contribution >= 0.6 is 11.6 Å². The van der Waals surface area contributed by atoms with Gasteiger partial charge in [0.05, 0.1) is 16.3 Å². The highest BCUT2D eigenvalue weighted by molar-refractivity contribution is 6.33. The summed E-state index contributed by atoms with van der Waals surface area (Å²) in [4.78, 5) is 13.0. The fraction of sp³-hybridized carbons (Fsp3) is 0.136. The van der Waals surface area contributed by atoms with Gasteiger partial charge in [0.2, 0.25) is 0 Å². The summed E-state index contributed by atoms with van der Waals surface area (Å²) in [6.07, 6.45) is -4.53. The van der Waals surface area contributed by atoms with Crippen molar-refractivity contribution in [3.05, 3.63) is 101 Å². The van der Waals surface area contributed by atoms with Gasteiger partial charge in [-0.1, -0.05) is 72.3 Å². The van der Waals surface area contributed by atoms with E-state index in [1.165, 1.54) is 0 Å². The van der Waals surface area contributed by atoms with Crippen molar-refractivity contribution >= 4 is 23.2 Å². The van der Waals surface area contributed by atoms with Crippen molar-refractivity contribution in [2.75, 3.05) is 5.32 Å². The van der Waals surface area contributed by atoms with Gasteiger partial charge >= 0.3 is 6.18 Å². The molecule has 0 bridgehead atoms. The second-order valence-corrected chi connectivity index (χ2v) is 6.90. The van der Waals surface area contributed by atoms with Crippen molar-refractivity contribution in [1.29, 1.82) is 0 Å². The predicted octanol–water partition coefficient (Wildman–Crippen LogP) is 4.80. The molecular weight excluding hydrogens is 401 g/mol. The normalized spacial score (nSPS) is 12.4. The minimum atomic E-state index is -4.53. The van der Waals surface area contributed by atoms with Gasteiger partial charge in [-0.15, -0.1) is 0 Å². The Bertz CT molecular complexity index is 963. The second kappa shape index (κ2) is 9.11. The van der Waals surface area contributed by atoms with Crippen LogP contribution in [-0.4, -0.2) is 5.91 Å². The number of carbonyl (C=O) groups excluding carboxylic acids is 1. The maximum atomic E-state index is 13.0. The number of alkyl halides is 3. The summed E-state index contributed by atoms with van der Waals surface area (Å²) in [5, 5.41) is 4.43. The first-order chi connectivity index (χ1) is 13.8. The predicted molar refractivity (Wildman–Crippen MR) is 106 cm³/mol. The zero-order valence-electron chi connectivity index (χ0n) is 15.3. The van der Waals surface area contributed by atoms with E-state index in [9.17, 15) is 18.0 Å². The Morgan fingerprint density at radius 2 is 1.59 bits per heavy atom. The third-order valence-electron chi connectivity index (χ3n) is 4.42. The molecule has 29 heavy (non-hydrogen) atoms. The zero-order chi connectivity index (χ0) is 20.9. The van der Waals surface area contributed by atoms with Crippen LogP contribution in [0.15, 0.2) is 78.9 Å². The van der Waals surface area contributed by atoms with Crippen LogP contribution in [0.1, 0.15) is 22.7 Å². The summed E-state index contributed by atoms with van der Waals surface area (Å²) in [5.74, 6) is -0.451. The number of nitrogens with one attached hydrogen (secondary N) is 1. The number of hydrogen-bond donors (Lipinski definition) is 2. The lowest BCUT2D eigenvalue weighted by molar-refractivity contribution is -0.697. The molecule has 0 fully saturated rings. The highest BCUT2D eigenvalue weighted by Crippen LogP contribution is 2.34. The summed E-state index contributed by atoms with van der Waals surface area (Å²) >= 11 is 6.02. The molecule has 0 aliphatic carbocycles. The monoisotopic (exact) mass is 419 g/mol. The molecule has 0 aromatic heterocycles. The van der Waals surface area contributed by atoms with E-state index < -0.39 is 23.7 Å². The number of carbonyl (C=O) groups is 1. The van der Waals surface area contributed by atoms with Gasteiger partial charge in [-0.2, -0.15) is 13.2 Å². The molecule has 1 atom stereocenters. The molecule has 0 saturated heterocycles. The molecule has 0 aliphatic rings. The topological polar surface area (TPSA) is 45.7 Å². The number of anilines is 1. The maximum Gasteiger partial charge on any atom is 0.416 e. The fourth-order valence-electron chi connectivity index (χ4n) is 2.93. The smallest absolute Gasteiger partial charge is 0.328 e. The van der Waals surface area contributed by atoms with E-state index in [2.05, 4.69) is 5.32 Å². The van der Waals surface area contributed by atoms with Crippen molar-refractivity contribution < 1.29 is 23.3 Å². The molecule has 3 N–H and O–H groups in total. The van der Waals surface area contributed by atoms with E-state index in [4.69, 9.17) is 11.6 Å². The van der Waals surface area contributed by atoms with Crippen LogP contribution in [0.4, 0.5) is 18.9 Å². The number of benzene rings is 3. The number of nitrogens with two attached hydrogens (primary N) is 1. The number of hydrogen-bond acceptors (Lipinski definition) is 1. The lowest BCUT2D eigenvalue weighted by Crippen LogP contribution is -2.85. The summed E-state index contributed by atoms with van der Waals surface area (Å²) in [6, 6.07) is 20.9. The number of rotatable bonds is 6. The molecule has 0 spiro atoms. The summed E-state index contributed by atoms with van der Waals surface area (Å²) in [7, 11) is 0. The first-order valence-electron chi connectivity index (χ1n) is 8.94. The van der Waals surface area contributed by atoms with Crippen molar-refractivity contribution in [2.45, 2.75) is 18.8 Å². The molecule has 0 unspecified atom stereocenters. The van der Waals surface area contributed by atoms with Crippen molar-refractivity contribution in [2.24, 2.45) is 0 Å². The van der Waals surface area contributed by atoms with Crippen molar-refractivity contribution in [3.8, 4) is 0 Å². The summed E-state index contributed by atoms with van der Waals surface area (Å²) in [5.41, 5.74) is 0.824. The van der Waals surface area contributed by atoms with E-state index in [0.29, 0.717) is 6.54 Å². The number of amides is 1. The Kier molecular flexibility index (Phi) is 6.56. The van der Waals surface area contributed by atoms with Crippen LogP contribution in [0.2, 0.25) is 5.02 Å². The minimum absolute atomic E-state index is 0.0428. The third-order valence-corrected chi connectivity index (χ3v) is 4.75. The van der Waals surface area contributed by atoms with E-state index in [1.54, 1.807) is 12.1 Å². The average Bonchev–Trinajstić information content (AvgIpc) is 2.70. The molecule has 3 aromatic carbocycles. The summed E-state index contributed by atoms with van der Waals surface area (Å²) < 4.78 is 39.0. The van der Waals surface area contributed by atoms with E-state index in [0.717, 1.165) is 29.3 Å². The maximum absolute atomic E-state index is 13.0. The molecule has 0 radical (unpaired) electrons. The third kappa shape index (κ3) is 5.59. The van der Waals surface area contributed by atoms with E-state index in [-0.39, 0.29) is 10.7 Å². The van der Waals surface area contributed by atoms with Crippen LogP contribution < -0.4 is 10.6 Å². The zero-order valence-corrected chi connectivity index (χ0v) is 16.0. The lowest BCUT2D eigenvalue weighted by atomic mass is 10.1. The molecule has 3 aromatic rings. The second-order valence-electron chi connectivity index (χ2n) is 6.50. The van der Waals surface area contributed by atoms with Gasteiger partial charge in [0.25, 0.3) is 5.91 Å². The van der Waals surface area contributed by atoms with Gasteiger partial charge in [-0.25, -0.2) is 0 Å². The van der Waals surface area contributed by atoms with Gasteiger partial charge in [0, 0.05) is 11.1 Å².